The lowest BCUT2D eigenvalue weighted by Gasteiger charge is -2.06. The maximum Gasteiger partial charge on any atom is 0.203 e. The number of anilines is 1. The Balaban J connectivity index is 2.58. The third-order valence-corrected chi connectivity index (χ3v) is 2.67. The molecule has 0 fully saturated rings. The molecular weight excluding hydrogens is 210 g/mol. The van der Waals surface area contributed by atoms with Crippen molar-refractivity contribution in [2.24, 2.45) is 0 Å². The van der Waals surface area contributed by atoms with E-state index in [1.807, 2.05) is 23.8 Å². The molecule has 1 aromatic heterocycles. The van der Waals surface area contributed by atoms with Crippen LogP contribution in [0.1, 0.15) is 5.69 Å². The molecule has 0 amide bonds. The minimum atomic E-state index is -0.762. The van der Waals surface area contributed by atoms with Crippen molar-refractivity contribution in [3.8, 4) is 0 Å². The molecule has 0 bridgehead atoms. The Kier molecular flexibility index (Phi) is 4.55. The maximum atomic E-state index is 10.9. The second-order valence-electron chi connectivity index (χ2n) is 3.35. The van der Waals surface area contributed by atoms with E-state index in [0.717, 1.165) is 18.2 Å². The third kappa shape index (κ3) is 3.87. The standard InChI is InChI=1S/C10H17N3OS/c1-4-6-13-8-9(2)12-10(13)11-5-7-15(3)14/h4,8H,1,5-7H2,2-3H3,(H,11,12). The van der Waals surface area contributed by atoms with Gasteiger partial charge in [-0.15, -0.1) is 6.58 Å². The quantitative estimate of drug-likeness (QED) is 0.742. The number of imidazole rings is 1. The third-order valence-electron chi connectivity index (χ3n) is 1.90. The fraction of sp³-hybridized carbons (Fsp3) is 0.500. The molecule has 1 N–H and O–H groups in total. The van der Waals surface area contributed by atoms with Crippen LogP contribution in [0.3, 0.4) is 0 Å². The summed E-state index contributed by atoms with van der Waals surface area (Å²) >= 11 is 0. The molecule has 1 aromatic rings. The van der Waals surface area contributed by atoms with Gasteiger partial charge >= 0.3 is 0 Å². The van der Waals surface area contributed by atoms with Gasteiger partial charge in [-0.25, -0.2) is 4.98 Å². The number of nitrogens with one attached hydrogen (secondary N) is 1. The van der Waals surface area contributed by atoms with Crippen molar-refractivity contribution in [3.05, 3.63) is 24.5 Å². The van der Waals surface area contributed by atoms with E-state index in [1.165, 1.54) is 0 Å². The Bertz CT molecular complexity index is 360. The van der Waals surface area contributed by atoms with Crippen LogP contribution in [0.5, 0.6) is 0 Å². The van der Waals surface area contributed by atoms with Crippen LogP contribution in [0.2, 0.25) is 0 Å². The van der Waals surface area contributed by atoms with Crippen LogP contribution < -0.4 is 5.32 Å². The van der Waals surface area contributed by atoms with Gasteiger partial charge in [-0.05, 0) is 6.92 Å². The monoisotopic (exact) mass is 227 g/mol. The van der Waals surface area contributed by atoms with E-state index >= 15 is 0 Å². The van der Waals surface area contributed by atoms with E-state index in [0.29, 0.717) is 12.3 Å². The van der Waals surface area contributed by atoms with Crippen LogP contribution in [0, 0.1) is 6.92 Å². The molecule has 0 aromatic carbocycles. The molecule has 15 heavy (non-hydrogen) atoms. The molecule has 5 heteroatoms. The van der Waals surface area contributed by atoms with Gasteiger partial charge in [-0.2, -0.15) is 0 Å². The normalized spacial score (nSPS) is 12.4. The summed E-state index contributed by atoms with van der Waals surface area (Å²) in [6, 6.07) is 0. The summed E-state index contributed by atoms with van der Waals surface area (Å²) in [5.41, 5.74) is 0.969. The lowest BCUT2D eigenvalue weighted by molar-refractivity contribution is 0.686. The molecule has 1 rings (SSSR count). The first-order valence-corrected chi connectivity index (χ1v) is 6.54. The number of allylic oxidation sites excluding steroid dienone is 1. The Morgan fingerprint density at radius 3 is 3.07 bits per heavy atom. The highest BCUT2D eigenvalue weighted by Gasteiger charge is 2.03. The molecule has 0 spiro atoms. The van der Waals surface area contributed by atoms with Gasteiger partial charge in [-0.3, -0.25) is 4.21 Å². The van der Waals surface area contributed by atoms with Crippen molar-refractivity contribution in [1.29, 1.82) is 0 Å². The van der Waals surface area contributed by atoms with Gasteiger partial charge in [0, 0.05) is 42.1 Å². The number of aromatic nitrogens is 2. The van der Waals surface area contributed by atoms with Crippen molar-refractivity contribution < 1.29 is 4.21 Å². The van der Waals surface area contributed by atoms with Crippen molar-refractivity contribution in [2.75, 3.05) is 23.9 Å². The fourth-order valence-corrected chi connectivity index (χ4v) is 1.66. The van der Waals surface area contributed by atoms with Crippen LogP contribution in [-0.4, -0.2) is 32.3 Å². The van der Waals surface area contributed by atoms with Crippen LogP contribution in [0.25, 0.3) is 0 Å². The highest BCUT2D eigenvalue weighted by Crippen LogP contribution is 2.07. The Morgan fingerprint density at radius 1 is 1.73 bits per heavy atom. The number of rotatable bonds is 6. The van der Waals surface area contributed by atoms with Crippen LogP contribution in [-0.2, 0) is 17.3 Å². The zero-order valence-electron chi connectivity index (χ0n) is 9.19. The lowest BCUT2D eigenvalue weighted by Crippen LogP contribution is -2.13. The van der Waals surface area contributed by atoms with Crippen molar-refractivity contribution in [3.63, 3.8) is 0 Å². The smallest absolute Gasteiger partial charge is 0.203 e. The van der Waals surface area contributed by atoms with E-state index in [-0.39, 0.29) is 0 Å². The van der Waals surface area contributed by atoms with Crippen LogP contribution in [0.4, 0.5) is 5.95 Å². The van der Waals surface area contributed by atoms with Crippen molar-refractivity contribution in [2.45, 2.75) is 13.5 Å². The minimum Gasteiger partial charge on any atom is -0.355 e. The largest absolute Gasteiger partial charge is 0.355 e. The minimum absolute atomic E-state index is 0.639. The molecular formula is C10H17N3OS. The molecule has 1 heterocycles. The molecule has 0 saturated heterocycles. The number of hydrogen-bond donors (Lipinski definition) is 1. The summed E-state index contributed by atoms with van der Waals surface area (Å²) < 4.78 is 12.9. The number of hydrogen-bond acceptors (Lipinski definition) is 3. The fourth-order valence-electron chi connectivity index (χ4n) is 1.27. The summed E-state index contributed by atoms with van der Waals surface area (Å²) in [6.07, 6.45) is 5.49. The molecule has 0 radical (unpaired) electrons. The Labute approximate surface area is 92.9 Å². The molecule has 4 nitrogen and oxygen atoms in total. The summed E-state index contributed by atoms with van der Waals surface area (Å²) in [6.45, 7) is 7.05. The highest BCUT2D eigenvalue weighted by atomic mass is 32.2. The summed E-state index contributed by atoms with van der Waals surface area (Å²) in [4.78, 5) is 4.33. The average molecular weight is 227 g/mol. The lowest BCUT2D eigenvalue weighted by atomic mass is 10.5. The van der Waals surface area contributed by atoms with E-state index < -0.39 is 10.8 Å². The van der Waals surface area contributed by atoms with Gasteiger partial charge in [0.2, 0.25) is 5.95 Å². The van der Waals surface area contributed by atoms with Crippen LogP contribution >= 0.6 is 0 Å². The zero-order chi connectivity index (χ0) is 11.3. The van der Waals surface area contributed by atoms with E-state index in [9.17, 15) is 4.21 Å². The molecule has 0 aliphatic rings. The Morgan fingerprint density at radius 2 is 2.47 bits per heavy atom. The van der Waals surface area contributed by atoms with Gasteiger partial charge in [0.05, 0.1) is 5.69 Å². The van der Waals surface area contributed by atoms with Crippen molar-refractivity contribution >= 4 is 16.7 Å². The van der Waals surface area contributed by atoms with Crippen LogP contribution in [0.15, 0.2) is 18.9 Å². The van der Waals surface area contributed by atoms with Gasteiger partial charge in [0.25, 0.3) is 0 Å². The predicted octanol–water partition coefficient (Wildman–Crippen LogP) is 1.17. The molecule has 0 aliphatic carbocycles. The molecule has 1 atom stereocenters. The van der Waals surface area contributed by atoms with E-state index in [2.05, 4.69) is 16.9 Å². The zero-order valence-corrected chi connectivity index (χ0v) is 10.0. The number of aryl methyl sites for hydroxylation is 1. The predicted molar refractivity (Wildman–Crippen MR) is 64.6 cm³/mol. The van der Waals surface area contributed by atoms with E-state index in [1.54, 1.807) is 6.26 Å². The summed E-state index contributed by atoms with van der Waals surface area (Å²) in [5.74, 6) is 1.46. The van der Waals surface area contributed by atoms with E-state index in [4.69, 9.17) is 0 Å². The second-order valence-corrected chi connectivity index (χ2v) is 4.91. The van der Waals surface area contributed by atoms with Gasteiger partial charge in [-0.1, -0.05) is 6.08 Å². The molecule has 0 aliphatic heterocycles. The topological polar surface area (TPSA) is 46.9 Å². The first-order valence-electron chi connectivity index (χ1n) is 4.82. The molecule has 1 unspecified atom stereocenters. The maximum absolute atomic E-state index is 10.9. The van der Waals surface area contributed by atoms with Gasteiger partial charge < -0.3 is 9.88 Å². The summed E-state index contributed by atoms with van der Waals surface area (Å²) in [5, 5.41) is 3.16. The average Bonchev–Trinajstić information content (AvgIpc) is 2.47. The molecule has 0 saturated carbocycles. The SMILES string of the molecule is C=CCn1cc(C)nc1NCCS(C)=O. The first-order chi connectivity index (χ1) is 7.13. The number of nitrogens with zero attached hydrogens (tertiary/aromatic N) is 2. The Hall–Kier alpha value is -1.10. The van der Waals surface area contributed by atoms with Gasteiger partial charge in [0.1, 0.15) is 0 Å². The van der Waals surface area contributed by atoms with Crippen molar-refractivity contribution in [1.82, 2.24) is 9.55 Å². The first kappa shape index (κ1) is 12.0. The summed E-state index contributed by atoms with van der Waals surface area (Å²) in [7, 11) is -0.762. The second kappa shape index (κ2) is 5.70. The molecule has 84 valence electrons. The van der Waals surface area contributed by atoms with Gasteiger partial charge in [0.15, 0.2) is 0 Å². The highest BCUT2D eigenvalue weighted by molar-refractivity contribution is 7.84.